The summed E-state index contributed by atoms with van der Waals surface area (Å²) in [6, 6.07) is -0.166. The molecule has 0 unspecified atom stereocenters. The van der Waals surface area contributed by atoms with Crippen LogP contribution >= 0.6 is 11.3 Å². The molecule has 102 valence electrons. The summed E-state index contributed by atoms with van der Waals surface area (Å²) in [5.74, 6) is 0. The van der Waals surface area contributed by atoms with Gasteiger partial charge in [-0.05, 0) is 14.1 Å². The van der Waals surface area contributed by atoms with Crippen molar-refractivity contribution in [2.24, 2.45) is 0 Å². The lowest BCUT2D eigenvalue weighted by Crippen LogP contribution is -2.43. The summed E-state index contributed by atoms with van der Waals surface area (Å²) in [6.45, 7) is 2.08. The largest absolute Gasteiger partial charge is 0.395 e. The Bertz CT molecular complexity index is 343. The zero-order valence-corrected chi connectivity index (χ0v) is 11.6. The molecule has 1 rings (SSSR count). The molecule has 0 saturated heterocycles. The van der Waals surface area contributed by atoms with E-state index in [0.29, 0.717) is 19.6 Å². The first-order valence-electron chi connectivity index (χ1n) is 5.80. The van der Waals surface area contributed by atoms with Crippen molar-refractivity contribution in [3.8, 4) is 0 Å². The van der Waals surface area contributed by atoms with Crippen molar-refractivity contribution >= 4 is 17.4 Å². The predicted octanol–water partition coefficient (Wildman–Crippen LogP) is 0.209. The molecular weight excluding hydrogens is 252 g/mol. The monoisotopic (exact) mass is 272 g/mol. The maximum atomic E-state index is 11.9. The molecule has 2 amide bonds. The number of carbonyl (C=O) groups is 1. The standard InChI is InChI=1S/C11H20N4O2S/c1-14(2)5-3-13-11(17)15(6-7-16)9-10-12-4-8-18-10/h4,8,16H,3,5-7,9H2,1-2H3,(H,13,17). The molecule has 1 aromatic rings. The minimum atomic E-state index is -0.166. The maximum Gasteiger partial charge on any atom is 0.317 e. The highest BCUT2D eigenvalue weighted by Crippen LogP contribution is 2.07. The summed E-state index contributed by atoms with van der Waals surface area (Å²) in [5, 5.41) is 14.5. The molecule has 1 heterocycles. The third-order valence-corrected chi connectivity index (χ3v) is 3.07. The number of aliphatic hydroxyl groups excluding tert-OH is 1. The van der Waals surface area contributed by atoms with Gasteiger partial charge in [0.05, 0.1) is 13.2 Å². The third kappa shape index (κ3) is 5.44. The lowest BCUT2D eigenvalue weighted by molar-refractivity contribution is 0.173. The second-order valence-electron chi connectivity index (χ2n) is 4.11. The molecule has 0 aliphatic carbocycles. The number of aromatic nitrogens is 1. The minimum Gasteiger partial charge on any atom is -0.395 e. The van der Waals surface area contributed by atoms with Crippen LogP contribution in [0.15, 0.2) is 11.6 Å². The molecule has 0 aliphatic rings. The van der Waals surface area contributed by atoms with E-state index >= 15 is 0 Å². The van der Waals surface area contributed by atoms with Crippen LogP contribution in [0.5, 0.6) is 0 Å². The molecule has 0 atom stereocenters. The number of thiazole rings is 1. The van der Waals surface area contributed by atoms with Gasteiger partial charge in [0.15, 0.2) is 0 Å². The smallest absolute Gasteiger partial charge is 0.317 e. The van der Waals surface area contributed by atoms with E-state index in [4.69, 9.17) is 5.11 Å². The van der Waals surface area contributed by atoms with Gasteiger partial charge in [0, 0.05) is 31.2 Å². The van der Waals surface area contributed by atoms with Gasteiger partial charge in [-0.1, -0.05) is 0 Å². The quantitative estimate of drug-likeness (QED) is 0.744. The Hall–Kier alpha value is -1.18. The fourth-order valence-electron chi connectivity index (χ4n) is 1.37. The molecular formula is C11H20N4O2S. The Morgan fingerprint density at radius 3 is 2.83 bits per heavy atom. The van der Waals surface area contributed by atoms with Crippen LogP contribution in [0.25, 0.3) is 0 Å². The van der Waals surface area contributed by atoms with Crippen molar-refractivity contribution in [3.05, 3.63) is 16.6 Å². The van der Waals surface area contributed by atoms with Gasteiger partial charge in [-0.2, -0.15) is 0 Å². The molecule has 6 nitrogen and oxygen atoms in total. The molecule has 0 saturated carbocycles. The second-order valence-corrected chi connectivity index (χ2v) is 5.09. The maximum absolute atomic E-state index is 11.9. The van der Waals surface area contributed by atoms with Gasteiger partial charge in [0.2, 0.25) is 0 Å². The summed E-state index contributed by atoms with van der Waals surface area (Å²) in [5.41, 5.74) is 0. The van der Waals surface area contributed by atoms with E-state index in [0.717, 1.165) is 11.6 Å². The van der Waals surface area contributed by atoms with E-state index in [2.05, 4.69) is 10.3 Å². The third-order valence-electron chi connectivity index (χ3n) is 2.30. The van der Waals surface area contributed by atoms with Gasteiger partial charge < -0.3 is 20.2 Å². The number of carbonyl (C=O) groups excluding carboxylic acids is 1. The van der Waals surface area contributed by atoms with Crippen molar-refractivity contribution in [3.63, 3.8) is 0 Å². The van der Waals surface area contributed by atoms with Crippen LogP contribution in [0.1, 0.15) is 5.01 Å². The summed E-state index contributed by atoms with van der Waals surface area (Å²) in [6.07, 6.45) is 1.71. The van der Waals surface area contributed by atoms with Crippen molar-refractivity contribution in [2.75, 3.05) is 40.3 Å². The second kappa shape index (κ2) is 8.02. The van der Waals surface area contributed by atoms with Crippen LogP contribution in [-0.2, 0) is 6.54 Å². The number of amides is 2. The Balaban J connectivity index is 2.42. The Morgan fingerprint density at radius 2 is 2.28 bits per heavy atom. The fraction of sp³-hybridized carbons (Fsp3) is 0.636. The van der Waals surface area contributed by atoms with Crippen molar-refractivity contribution in [1.29, 1.82) is 0 Å². The molecule has 7 heteroatoms. The topological polar surface area (TPSA) is 68.7 Å². The molecule has 1 aromatic heterocycles. The Labute approximate surface area is 111 Å². The van der Waals surface area contributed by atoms with Gasteiger partial charge in [-0.3, -0.25) is 0 Å². The van der Waals surface area contributed by atoms with Gasteiger partial charge in [-0.25, -0.2) is 9.78 Å². The first kappa shape index (κ1) is 14.9. The first-order valence-corrected chi connectivity index (χ1v) is 6.68. The normalized spacial score (nSPS) is 10.7. The fourth-order valence-corrected chi connectivity index (χ4v) is 2.00. The minimum absolute atomic E-state index is 0.0491. The highest BCUT2D eigenvalue weighted by molar-refractivity contribution is 7.09. The van der Waals surface area contributed by atoms with Crippen molar-refractivity contribution < 1.29 is 9.90 Å². The number of nitrogens with zero attached hydrogens (tertiary/aromatic N) is 3. The lowest BCUT2D eigenvalue weighted by Gasteiger charge is -2.21. The Morgan fingerprint density at radius 1 is 1.50 bits per heavy atom. The predicted molar refractivity (Wildman–Crippen MR) is 71.6 cm³/mol. The highest BCUT2D eigenvalue weighted by atomic mass is 32.1. The van der Waals surface area contributed by atoms with Crippen LogP contribution in [0.2, 0.25) is 0 Å². The van der Waals surface area contributed by atoms with Crippen LogP contribution in [-0.4, -0.2) is 66.3 Å². The number of aliphatic hydroxyl groups is 1. The van der Waals surface area contributed by atoms with Gasteiger partial charge in [0.25, 0.3) is 0 Å². The van der Waals surface area contributed by atoms with Crippen LogP contribution in [0, 0.1) is 0 Å². The zero-order chi connectivity index (χ0) is 13.4. The number of rotatable bonds is 7. The SMILES string of the molecule is CN(C)CCNC(=O)N(CCO)Cc1nccs1. The molecule has 0 bridgehead atoms. The van der Waals surface area contributed by atoms with E-state index in [1.165, 1.54) is 11.3 Å². The first-order chi connectivity index (χ1) is 8.63. The molecule has 0 radical (unpaired) electrons. The van der Waals surface area contributed by atoms with Crippen LogP contribution in [0.4, 0.5) is 4.79 Å². The Kier molecular flexibility index (Phi) is 6.63. The van der Waals surface area contributed by atoms with Crippen molar-refractivity contribution in [1.82, 2.24) is 20.1 Å². The average molecular weight is 272 g/mol. The van der Waals surface area contributed by atoms with E-state index < -0.39 is 0 Å². The number of nitrogens with one attached hydrogen (secondary N) is 1. The number of hydrogen-bond acceptors (Lipinski definition) is 5. The summed E-state index contributed by atoms with van der Waals surface area (Å²) in [4.78, 5) is 19.6. The van der Waals surface area contributed by atoms with Gasteiger partial charge in [-0.15, -0.1) is 11.3 Å². The molecule has 18 heavy (non-hydrogen) atoms. The van der Waals surface area contributed by atoms with Crippen molar-refractivity contribution in [2.45, 2.75) is 6.54 Å². The highest BCUT2D eigenvalue weighted by Gasteiger charge is 2.13. The summed E-state index contributed by atoms with van der Waals surface area (Å²) >= 11 is 1.50. The van der Waals surface area contributed by atoms with E-state index in [-0.39, 0.29) is 12.6 Å². The molecule has 0 fully saturated rings. The summed E-state index contributed by atoms with van der Waals surface area (Å²) in [7, 11) is 3.90. The average Bonchev–Trinajstić information content (AvgIpc) is 2.80. The van der Waals surface area contributed by atoms with Crippen LogP contribution in [0.3, 0.4) is 0 Å². The number of urea groups is 1. The zero-order valence-electron chi connectivity index (χ0n) is 10.8. The lowest BCUT2D eigenvalue weighted by atomic mass is 10.5. The molecule has 2 N–H and O–H groups in total. The molecule has 0 spiro atoms. The van der Waals surface area contributed by atoms with Gasteiger partial charge >= 0.3 is 6.03 Å². The van der Waals surface area contributed by atoms with E-state index in [9.17, 15) is 4.79 Å². The molecule has 0 aromatic carbocycles. The van der Waals surface area contributed by atoms with Crippen LogP contribution < -0.4 is 5.32 Å². The van der Waals surface area contributed by atoms with E-state index in [1.807, 2.05) is 24.4 Å². The number of likely N-dealkylation sites (N-methyl/N-ethyl adjacent to an activating group) is 1. The van der Waals surface area contributed by atoms with Gasteiger partial charge in [0.1, 0.15) is 5.01 Å². The van der Waals surface area contributed by atoms with E-state index in [1.54, 1.807) is 11.1 Å². The molecule has 0 aliphatic heterocycles. The number of hydrogen-bond donors (Lipinski definition) is 2. The summed E-state index contributed by atoms with van der Waals surface area (Å²) < 4.78 is 0.